The van der Waals surface area contributed by atoms with Gasteiger partial charge in [0.05, 0.1) is 5.69 Å². The smallest absolute Gasteiger partial charge is 0.224 e. The van der Waals surface area contributed by atoms with Gasteiger partial charge in [-0.2, -0.15) is 0 Å². The minimum absolute atomic E-state index is 0. The van der Waals surface area contributed by atoms with Crippen LogP contribution in [0.5, 0.6) is 0 Å². The summed E-state index contributed by atoms with van der Waals surface area (Å²) < 4.78 is 1.97. The zero-order valence-corrected chi connectivity index (χ0v) is 13.8. The van der Waals surface area contributed by atoms with E-state index in [1.165, 1.54) is 0 Å². The predicted octanol–water partition coefficient (Wildman–Crippen LogP) is 1.82. The highest BCUT2D eigenvalue weighted by Gasteiger charge is 2.16. The number of aromatic nitrogens is 2. The van der Waals surface area contributed by atoms with E-state index in [4.69, 9.17) is 5.73 Å². The van der Waals surface area contributed by atoms with Crippen molar-refractivity contribution in [3.8, 4) is 0 Å². The molecule has 2 rings (SSSR count). The summed E-state index contributed by atoms with van der Waals surface area (Å²) in [5.41, 5.74) is 7.59. The van der Waals surface area contributed by atoms with Crippen LogP contribution in [0.1, 0.15) is 19.5 Å². The summed E-state index contributed by atoms with van der Waals surface area (Å²) in [6.07, 6.45) is 4.66. The molecule has 0 aliphatic heterocycles. The van der Waals surface area contributed by atoms with Crippen LogP contribution >= 0.6 is 24.8 Å². The maximum atomic E-state index is 11.7. The van der Waals surface area contributed by atoms with Crippen LogP contribution in [-0.4, -0.2) is 27.9 Å². The van der Waals surface area contributed by atoms with Crippen molar-refractivity contribution in [3.63, 3.8) is 0 Å². The Hall–Kier alpha value is -1.30. The minimum Gasteiger partial charge on any atom is -0.355 e. The second kappa shape index (κ2) is 8.87. The fourth-order valence-electron chi connectivity index (χ4n) is 1.82. The van der Waals surface area contributed by atoms with Crippen molar-refractivity contribution >= 4 is 36.4 Å². The lowest BCUT2D eigenvalue weighted by molar-refractivity contribution is -0.124. The quantitative estimate of drug-likeness (QED) is 0.877. The third-order valence-electron chi connectivity index (χ3n) is 3.30. The number of nitrogens with two attached hydrogens (primary N) is 1. The van der Waals surface area contributed by atoms with Gasteiger partial charge in [0.15, 0.2) is 0 Å². The number of imidazole rings is 1. The molecule has 1 amide bonds. The van der Waals surface area contributed by atoms with Gasteiger partial charge in [-0.1, -0.05) is 13.0 Å². The van der Waals surface area contributed by atoms with E-state index >= 15 is 0 Å². The van der Waals surface area contributed by atoms with Crippen LogP contribution in [0.15, 0.2) is 30.6 Å². The van der Waals surface area contributed by atoms with Gasteiger partial charge in [0.2, 0.25) is 5.91 Å². The van der Waals surface area contributed by atoms with E-state index in [-0.39, 0.29) is 42.7 Å². The number of rotatable bonds is 5. The molecule has 2 atom stereocenters. The van der Waals surface area contributed by atoms with Gasteiger partial charge >= 0.3 is 0 Å². The van der Waals surface area contributed by atoms with Crippen molar-refractivity contribution in [3.05, 3.63) is 36.3 Å². The Balaban J connectivity index is 0.00000200. The van der Waals surface area contributed by atoms with Gasteiger partial charge in [-0.3, -0.25) is 4.79 Å². The van der Waals surface area contributed by atoms with Gasteiger partial charge in [0, 0.05) is 37.3 Å². The fourth-order valence-corrected chi connectivity index (χ4v) is 1.82. The Kier molecular flexibility index (Phi) is 8.32. The van der Waals surface area contributed by atoms with E-state index in [1.54, 1.807) is 0 Å². The number of fused-ring (bicyclic) bond motifs is 1. The zero-order valence-electron chi connectivity index (χ0n) is 12.2. The van der Waals surface area contributed by atoms with Gasteiger partial charge < -0.3 is 15.5 Å². The Bertz CT molecular complexity index is 538. The molecule has 2 aromatic rings. The highest BCUT2D eigenvalue weighted by Crippen LogP contribution is 2.05. The van der Waals surface area contributed by atoms with Gasteiger partial charge in [0.25, 0.3) is 0 Å². The maximum Gasteiger partial charge on any atom is 0.224 e. The molecule has 7 heteroatoms. The summed E-state index contributed by atoms with van der Waals surface area (Å²) in [6.45, 7) is 4.26. The first-order chi connectivity index (χ1) is 9.08. The molecular formula is C14H22Cl2N4O. The second-order valence-electron chi connectivity index (χ2n) is 4.89. The lowest BCUT2D eigenvalue weighted by atomic mass is 10.0. The predicted molar refractivity (Wildman–Crippen MR) is 89.2 cm³/mol. The second-order valence-corrected chi connectivity index (χ2v) is 4.89. The van der Waals surface area contributed by atoms with Crippen molar-refractivity contribution in [1.29, 1.82) is 0 Å². The summed E-state index contributed by atoms with van der Waals surface area (Å²) in [6, 6.07) is 5.75. The van der Waals surface area contributed by atoms with Crippen LogP contribution in [0.4, 0.5) is 0 Å². The molecule has 2 aromatic heterocycles. The molecule has 0 spiro atoms. The topological polar surface area (TPSA) is 72.4 Å². The lowest BCUT2D eigenvalue weighted by Gasteiger charge is -2.14. The molecule has 118 valence electrons. The zero-order chi connectivity index (χ0) is 13.8. The van der Waals surface area contributed by atoms with Crippen LogP contribution in [0, 0.1) is 5.92 Å². The number of nitrogens with one attached hydrogen (secondary N) is 1. The number of halogens is 2. The molecule has 21 heavy (non-hydrogen) atoms. The maximum absolute atomic E-state index is 11.7. The van der Waals surface area contributed by atoms with E-state index in [0.717, 1.165) is 17.8 Å². The summed E-state index contributed by atoms with van der Waals surface area (Å²) >= 11 is 0. The molecule has 2 unspecified atom stereocenters. The normalized spacial score (nSPS) is 12.9. The first-order valence-corrected chi connectivity index (χ1v) is 6.54. The third kappa shape index (κ3) is 5.19. The van der Waals surface area contributed by atoms with E-state index in [1.807, 2.05) is 48.8 Å². The average Bonchev–Trinajstić information content (AvgIpc) is 2.80. The van der Waals surface area contributed by atoms with E-state index in [9.17, 15) is 4.79 Å². The van der Waals surface area contributed by atoms with E-state index in [0.29, 0.717) is 6.54 Å². The van der Waals surface area contributed by atoms with Gasteiger partial charge in [-0.25, -0.2) is 4.98 Å². The summed E-state index contributed by atoms with van der Waals surface area (Å²) in [5.74, 6) is -0.167. The molecule has 0 aromatic carbocycles. The van der Waals surface area contributed by atoms with Crippen LogP contribution in [0.2, 0.25) is 0 Å². The van der Waals surface area contributed by atoms with Crippen molar-refractivity contribution < 1.29 is 4.79 Å². The van der Waals surface area contributed by atoms with Gasteiger partial charge in [-0.15, -0.1) is 24.8 Å². The molecular weight excluding hydrogens is 311 g/mol. The highest BCUT2D eigenvalue weighted by atomic mass is 35.5. The molecule has 0 bridgehead atoms. The molecule has 2 heterocycles. The third-order valence-corrected chi connectivity index (χ3v) is 3.30. The van der Waals surface area contributed by atoms with Crippen LogP contribution in [-0.2, 0) is 11.2 Å². The molecule has 0 saturated heterocycles. The van der Waals surface area contributed by atoms with Crippen LogP contribution in [0.25, 0.3) is 5.65 Å². The Morgan fingerprint density at radius 3 is 2.71 bits per heavy atom. The molecule has 0 aliphatic carbocycles. The number of carbonyl (C=O) groups excluding carboxylic acids is 1. The van der Waals surface area contributed by atoms with Crippen molar-refractivity contribution in [2.75, 3.05) is 6.54 Å². The largest absolute Gasteiger partial charge is 0.355 e. The summed E-state index contributed by atoms with van der Waals surface area (Å²) in [5, 5.41) is 2.89. The molecule has 0 saturated carbocycles. The first-order valence-electron chi connectivity index (χ1n) is 6.54. The molecule has 0 fully saturated rings. The van der Waals surface area contributed by atoms with Gasteiger partial charge in [-0.05, 0) is 19.1 Å². The lowest BCUT2D eigenvalue weighted by Crippen LogP contribution is -2.39. The monoisotopic (exact) mass is 332 g/mol. The number of amides is 1. The first kappa shape index (κ1) is 19.7. The van der Waals surface area contributed by atoms with Crippen molar-refractivity contribution in [2.45, 2.75) is 26.3 Å². The minimum atomic E-state index is -0.166. The van der Waals surface area contributed by atoms with E-state index < -0.39 is 0 Å². The molecule has 0 radical (unpaired) electrons. The Morgan fingerprint density at radius 1 is 1.38 bits per heavy atom. The Morgan fingerprint density at radius 2 is 2.10 bits per heavy atom. The van der Waals surface area contributed by atoms with Gasteiger partial charge in [0.1, 0.15) is 5.65 Å². The number of hydrogen-bond donors (Lipinski definition) is 2. The number of carbonyl (C=O) groups is 1. The number of hydrogen-bond acceptors (Lipinski definition) is 3. The van der Waals surface area contributed by atoms with Crippen LogP contribution in [0.3, 0.4) is 0 Å². The van der Waals surface area contributed by atoms with E-state index in [2.05, 4.69) is 10.3 Å². The summed E-state index contributed by atoms with van der Waals surface area (Å²) in [7, 11) is 0. The molecule has 5 nitrogen and oxygen atoms in total. The van der Waals surface area contributed by atoms with Crippen molar-refractivity contribution in [1.82, 2.24) is 14.7 Å². The number of nitrogens with zero attached hydrogens (tertiary/aromatic N) is 2. The van der Waals surface area contributed by atoms with Crippen molar-refractivity contribution in [2.24, 2.45) is 11.7 Å². The Labute approximate surface area is 137 Å². The van der Waals surface area contributed by atoms with Crippen LogP contribution < -0.4 is 11.1 Å². The number of pyridine rings is 1. The highest BCUT2D eigenvalue weighted by molar-refractivity contribution is 5.85. The molecule has 3 N–H and O–H groups in total. The standard InChI is InChI=1S/C14H20N4O.2ClH/c1-10(11(2)15)14(19)16-7-6-12-9-18-8-4-3-5-13(18)17-12;;/h3-5,8-11H,6-7,15H2,1-2H3,(H,16,19);2*1H. The fraction of sp³-hybridized carbons (Fsp3) is 0.429. The molecule has 0 aliphatic rings. The summed E-state index contributed by atoms with van der Waals surface area (Å²) in [4.78, 5) is 16.2. The SMILES string of the molecule is CC(N)C(C)C(=O)NCCc1cn2ccccc2n1.Cl.Cl. The average molecular weight is 333 g/mol.